The first kappa shape index (κ1) is 9.58. The molecule has 86 valence electrons. The van der Waals surface area contributed by atoms with Crippen molar-refractivity contribution in [1.82, 2.24) is 25.3 Å². The zero-order chi connectivity index (χ0) is 11.8. The summed E-state index contributed by atoms with van der Waals surface area (Å²) < 4.78 is 10.3. The van der Waals surface area contributed by atoms with Crippen molar-refractivity contribution in [2.24, 2.45) is 0 Å². The minimum Gasteiger partial charge on any atom is -0.461 e. The summed E-state index contributed by atoms with van der Waals surface area (Å²) in [7, 11) is 0. The molecule has 0 aliphatic heterocycles. The van der Waals surface area contributed by atoms with Crippen molar-refractivity contribution in [3.63, 3.8) is 0 Å². The number of rotatable bonds is 2. The topological polar surface area (TPSA) is 120 Å². The molecule has 0 bridgehead atoms. The lowest BCUT2D eigenvalue weighted by Gasteiger charge is -1.87. The SMILES string of the molecule is Cc1ccoc1-c1noc(-c2nc(N)n[nH]2)n1. The van der Waals surface area contributed by atoms with E-state index in [1.54, 1.807) is 6.26 Å². The first-order valence-corrected chi connectivity index (χ1v) is 4.80. The van der Waals surface area contributed by atoms with Crippen LogP contribution in [-0.2, 0) is 0 Å². The standard InChI is InChI=1S/C9H8N6O2/c1-4-2-3-16-5(4)6-11-8(17-15-6)7-12-9(10)14-13-7/h2-3H,1H3,(H3,10,12,13,14). The molecule has 0 spiro atoms. The van der Waals surface area contributed by atoms with E-state index in [4.69, 9.17) is 14.7 Å². The van der Waals surface area contributed by atoms with Gasteiger partial charge in [-0.1, -0.05) is 5.16 Å². The Morgan fingerprint density at radius 3 is 2.88 bits per heavy atom. The molecule has 0 radical (unpaired) electrons. The number of nitrogen functional groups attached to an aromatic ring is 1. The van der Waals surface area contributed by atoms with Crippen LogP contribution in [0.1, 0.15) is 5.56 Å². The number of aryl methyl sites for hydroxylation is 1. The van der Waals surface area contributed by atoms with E-state index < -0.39 is 0 Å². The van der Waals surface area contributed by atoms with Crippen LogP contribution in [0.5, 0.6) is 0 Å². The molecule has 3 rings (SSSR count). The smallest absolute Gasteiger partial charge is 0.295 e. The van der Waals surface area contributed by atoms with Crippen LogP contribution < -0.4 is 5.73 Å². The molecule has 0 saturated carbocycles. The van der Waals surface area contributed by atoms with Crippen molar-refractivity contribution in [2.45, 2.75) is 6.92 Å². The molecular formula is C9H8N6O2. The average molecular weight is 232 g/mol. The summed E-state index contributed by atoms with van der Waals surface area (Å²) in [6, 6.07) is 1.82. The van der Waals surface area contributed by atoms with Gasteiger partial charge in [-0.2, -0.15) is 9.97 Å². The molecule has 0 saturated heterocycles. The highest BCUT2D eigenvalue weighted by Crippen LogP contribution is 2.23. The molecule has 0 aliphatic carbocycles. The van der Waals surface area contributed by atoms with Gasteiger partial charge in [0.15, 0.2) is 5.76 Å². The van der Waals surface area contributed by atoms with E-state index >= 15 is 0 Å². The van der Waals surface area contributed by atoms with Gasteiger partial charge in [0.2, 0.25) is 17.6 Å². The summed E-state index contributed by atoms with van der Waals surface area (Å²) in [5, 5.41) is 10.1. The van der Waals surface area contributed by atoms with Crippen molar-refractivity contribution >= 4 is 5.95 Å². The second kappa shape index (κ2) is 3.44. The summed E-state index contributed by atoms with van der Waals surface area (Å²) >= 11 is 0. The molecule has 17 heavy (non-hydrogen) atoms. The number of aromatic nitrogens is 5. The minimum absolute atomic E-state index is 0.119. The number of hydrogen-bond acceptors (Lipinski definition) is 7. The van der Waals surface area contributed by atoms with Gasteiger partial charge < -0.3 is 14.7 Å². The number of hydrogen-bond donors (Lipinski definition) is 2. The lowest BCUT2D eigenvalue weighted by Crippen LogP contribution is -1.85. The molecule has 0 aliphatic rings. The molecule has 3 aromatic rings. The lowest BCUT2D eigenvalue weighted by molar-refractivity contribution is 0.427. The molecule has 0 atom stereocenters. The maximum Gasteiger partial charge on any atom is 0.295 e. The Morgan fingerprint density at radius 1 is 1.35 bits per heavy atom. The highest BCUT2D eigenvalue weighted by molar-refractivity contribution is 5.54. The number of anilines is 1. The van der Waals surface area contributed by atoms with Gasteiger partial charge >= 0.3 is 0 Å². The molecule has 8 nitrogen and oxygen atoms in total. The van der Waals surface area contributed by atoms with Crippen LogP contribution in [0.2, 0.25) is 0 Å². The first-order valence-electron chi connectivity index (χ1n) is 4.80. The van der Waals surface area contributed by atoms with Gasteiger partial charge in [0.1, 0.15) is 0 Å². The van der Waals surface area contributed by atoms with E-state index in [0.717, 1.165) is 5.56 Å². The second-order valence-corrected chi connectivity index (χ2v) is 3.40. The Kier molecular flexibility index (Phi) is 1.94. The van der Waals surface area contributed by atoms with Crippen LogP contribution in [0, 0.1) is 6.92 Å². The van der Waals surface area contributed by atoms with Gasteiger partial charge in [-0.25, -0.2) is 0 Å². The third-order valence-electron chi connectivity index (χ3n) is 2.20. The van der Waals surface area contributed by atoms with Gasteiger partial charge in [-0.05, 0) is 18.6 Å². The van der Waals surface area contributed by atoms with Crippen LogP contribution in [0.4, 0.5) is 5.95 Å². The van der Waals surface area contributed by atoms with Crippen LogP contribution in [0.3, 0.4) is 0 Å². The van der Waals surface area contributed by atoms with Crippen LogP contribution in [0.15, 0.2) is 21.3 Å². The fraction of sp³-hybridized carbons (Fsp3) is 0.111. The van der Waals surface area contributed by atoms with Crippen LogP contribution in [-0.4, -0.2) is 25.3 Å². The molecule has 0 amide bonds. The first-order chi connectivity index (χ1) is 8.24. The number of furan rings is 1. The van der Waals surface area contributed by atoms with Crippen molar-refractivity contribution in [3.05, 3.63) is 17.9 Å². The van der Waals surface area contributed by atoms with Crippen LogP contribution in [0.25, 0.3) is 23.3 Å². The maximum atomic E-state index is 5.38. The zero-order valence-corrected chi connectivity index (χ0v) is 8.84. The van der Waals surface area contributed by atoms with E-state index in [1.165, 1.54) is 0 Å². The Balaban J connectivity index is 2.01. The fourth-order valence-electron chi connectivity index (χ4n) is 1.38. The van der Waals surface area contributed by atoms with Crippen molar-refractivity contribution in [3.8, 4) is 23.3 Å². The largest absolute Gasteiger partial charge is 0.461 e. The number of nitrogens with zero attached hydrogens (tertiary/aromatic N) is 4. The highest BCUT2D eigenvalue weighted by atomic mass is 16.5. The molecule has 3 N–H and O–H groups in total. The van der Waals surface area contributed by atoms with Crippen molar-refractivity contribution < 1.29 is 8.94 Å². The second-order valence-electron chi connectivity index (χ2n) is 3.40. The molecule has 0 fully saturated rings. The predicted molar refractivity (Wildman–Crippen MR) is 56.5 cm³/mol. The molecule has 3 aromatic heterocycles. The quantitative estimate of drug-likeness (QED) is 0.676. The molecular weight excluding hydrogens is 224 g/mol. The zero-order valence-electron chi connectivity index (χ0n) is 8.84. The van der Waals surface area contributed by atoms with Gasteiger partial charge in [0.05, 0.1) is 6.26 Å². The van der Waals surface area contributed by atoms with Crippen molar-refractivity contribution in [1.29, 1.82) is 0 Å². The number of aromatic amines is 1. The summed E-state index contributed by atoms with van der Waals surface area (Å²) in [4.78, 5) is 8.02. The maximum absolute atomic E-state index is 5.38. The van der Waals surface area contributed by atoms with Crippen molar-refractivity contribution in [2.75, 3.05) is 5.73 Å². The fourth-order valence-corrected chi connectivity index (χ4v) is 1.38. The number of nitrogens with two attached hydrogens (primary N) is 1. The lowest BCUT2D eigenvalue weighted by atomic mass is 10.3. The van der Waals surface area contributed by atoms with Gasteiger partial charge in [0.25, 0.3) is 5.89 Å². The Morgan fingerprint density at radius 2 is 2.24 bits per heavy atom. The Labute approximate surface area is 94.8 Å². The highest BCUT2D eigenvalue weighted by Gasteiger charge is 2.16. The predicted octanol–water partition coefficient (Wildman–Crippen LogP) is 1.01. The third kappa shape index (κ3) is 1.55. The number of H-pyrrole nitrogens is 1. The Hall–Kier alpha value is -2.64. The summed E-state index contributed by atoms with van der Waals surface area (Å²) in [6.07, 6.45) is 1.56. The van der Waals surface area contributed by atoms with E-state index in [1.807, 2.05) is 13.0 Å². The molecule has 0 unspecified atom stereocenters. The molecule has 0 aromatic carbocycles. The van der Waals surface area contributed by atoms with Gasteiger partial charge in [-0.15, -0.1) is 5.10 Å². The summed E-state index contributed by atoms with van der Waals surface area (Å²) in [5.41, 5.74) is 6.31. The van der Waals surface area contributed by atoms with E-state index in [9.17, 15) is 0 Å². The third-order valence-corrected chi connectivity index (χ3v) is 2.20. The van der Waals surface area contributed by atoms with Crippen LogP contribution >= 0.6 is 0 Å². The number of nitrogens with one attached hydrogen (secondary N) is 1. The Bertz CT molecular complexity index is 652. The van der Waals surface area contributed by atoms with Gasteiger partial charge in [-0.3, -0.25) is 5.10 Å². The average Bonchev–Trinajstić information content (AvgIpc) is 2.97. The minimum atomic E-state index is 0.119. The monoisotopic (exact) mass is 232 g/mol. The molecule has 3 heterocycles. The van der Waals surface area contributed by atoms with Gasteiger partial charge in [0, 0.05) is 0 Å². The van der Waals surface area contributed by atoms with E-state index in [-0.39, 0.29) is 11.8 Å². The normalized spacial score (nSPS) is 10.9. The van der Waals surface area contributed by atoms with E-state index in [0.29, 0.717) is 17.4 Å². The summed E-state index contributed by atoms with van der Waals surface area (Å²) in [6.45, 7) is 1.89. The van der Waals surface area contributed by atoms with E-state index in [2.05, 4.69) is 25.3 Å². The molecule has 8 heteroatoms. The summed E-state index contributed by atoms with van der Waals surface area (Å²) in [5.74, 6) is 1.57.